The maximum Gasteiger partial charge on any atom is 0.285 e. The Morgan fingerprint density at radius 2 is 1.68 bits per heavy atom. The molecule has 2 heterocycles. The molecule has 0 bridgehead atoms. The fourth-order valence-corrected chi connectivity index (χ4v) is 5.92. The molecule has 2 aliphatic rings. The fraction of sp³-hybridized carbons (Fsp3) is 0.259. The number of benzene rings is 3. The van der Waals surface area contributed by atoms with Crippen molar-refractivity contribution >= 4 is 21.8 Å². The van der Waals surface area contributed by atoms with E-state index in [9.17, 15) is 13.2 Å². The van der Waals surface area contributed by atoms with Crippen molar-refractivity contribution in [3.05, 3.63) is 89.5 Å². The summed E-state index contributed by atoms with van der Waals surface area (Å²) in [4.78, 5) is 15.1. The Morgan fingerprint density at radius 1 is 0.971 bits per heavy atom. The highest BCUT2D eigenvalue weighted by molar-refractivity contribution is 7.90. The van der Waals surface area contributed by atoms with Gasteiger partial charge in [0.1, 0.15) is 4.90 Å². The molecule has 2 aliphatic heterocycles. The molecule has 1 fully saturated rings. The van der Waals surface area contributed by atoms with Crippen LogP contribution >= 0.6 is 0 Å². The van der Waals surface area contributed by atoms with Crippen molar-refractivity contribution in [3.63, 3.8) is 0 Å². The SMILES string of the molecule is Cc1cccc(-c2cccc(CNC(=O)C3CCN(C4=NS(=O)(=O)c5ccccc54)CC3)c2)c1. The van der Waals surface area contributed by atoms with Crippen LogP contribution in [0.2, 0.25) is 0 Å². The molecular formula is C27H27N3O3S. The average molecular weight is 474 g/mol. The first-order valence-electron chi connectivity index (χ1n) is 11.5. The number of carbonyl (C=O) groups is 1. The van der Waals surface area contributed by atoms with Crippen LogP contribution in [0, 0.1) is 12.8 Å². The van der Waals surface area contributed by atoms with Crippen molar-refractivity contribution < 1.29 is 13.2 Å². The van der Waals surface area contributed by atoms with Crippen LogP contribution < -0.4 is 5.32 Å². The smallest absolute Gasteiger partial charge is 0.285 e. The van der Waals surface area contributed by atoms with E-state index in [1.54, 1.807) is 18.2 Å². The van der Waals surface area contributed by atoms with Gasteiger partial charge in [-0.1, -0.05) is 60.2 Å². The molecule has 7 heteroatoms. The third kappa shape index (κ3) is 4.48. The van der Waals surface area contributed by atoms with Crippen molar-refractivity contribution in [2.75, 3.05) is 13.1 Å². The number of carbonyl (C=O) groups excluding carboxylic acids is 1. The molecule has 0 atom stereocenters. The van der Waals surface area contributed by atoms with Crippen LogP contribution in [0.1, 0.15) is 29.5 Å². The lowest BCUT2D eigenvalue weighted by Crippen LogP contribution is -2.42. The maximum atomic E-state index is 12.8. The zero-order chi connectivity index (χ0) is 23.7. The second-order valence-corrected chi connectivity index (χ2v) is 10.5. The summed E-state index contributed by atoms with van der Waals surface area (Å²) in [6.45, 7) is 3.76. The van der Waals surface area contributed by atoms with Gasteiger partial charge in [-0.2, -0.15) is 8.42 Å². The Hall–Kier alpha value is -3.45. The van der Waals surface area contributed by atoms with Gasteiger partial charge in [-0.25, -0.2) is 0 Å². The summed E-state index contributed by atoms with van der Waals surface area (Å²) in [5, 5.41) is 3.09. The van der Waals surface area contributed by atoms with Crippen LogP contribution in [-0.2, 0) is 21.4 Å². The maximum absolute atomic E-state index is 12.8. The first-order chi connectivity index (χ1) is 16.4. The predicted octanol–water partition coefficient (Wildman–Crippen LogP) is 4.14. The van der Waals surface area contributed by atoms with E-state index < -0.39 is 10.0 Å². The minimum atomic E-state index is -3.63. The van der Waals surface area contributed by atoms with Gasteiger partial charge in [-0.3, -0.25) is 4.79 Å². The summed E-state index contributed by atoms with van der Waals surface area (Å²) in [7, 11) is -3.63. The first-order valence-corrected chi connectivity index (χ1v) is 13.0. The van der Waals surface area contributed by atoms with E-state index in [1.165, 1.54) is 11.1 Å². The monoisotopic (exact) mass is 473 g/mol. The molecule has 0 radical (unpaired) electrons. The molecule has 0 spiro atoms. The van der Waals surface area contributed by atoms with Gasteiger partial charge in [0, 0.05) is 31.1 Å². The van der Waals surface area contributed by atoms with E-state index in [1.807, 2.05) is 23.1 Å². The summed E-state index contributed by atoms with van der Waals surface area (Å²) in [6, 6.07) is 23.5. The molecule has 3 aromatic rings. The molecule has 1 amide bonds. The predicted molar refractivity (Wildman–Crippen MR) is 133 cm³/mol. The van der Waals surface area contributed by atoms with Gasteiger partial charge in [0.15, 0.2) is 5.84 Å². The summed E-state index contributed by atoms with van der Waals surface area (Å²) in [5.74, 6) is 0.453. The van der Waals surface area contributed by atoms with E-state index in [4.69, 9.17) is 0 Å². The molecule has 174 valence electrons. The molecule has 34 heavy (non-hydrogen) atoms. The van der Waals surface area contributed by atoms with E-state index in [-0.39, 0.29) is 16.7 Å². The van der Waals surface area contributed by atoms with Gasteiger partial charge in [0.25, 0.3) is 10.0 Å². The zero-order valence-electron chi connectivity index (χ0n) is 19.1. The second kappa shape index (κ2) is 9.06. The normalized spacial score (nSPS) is 17.2. The Kier molecular flexibility index (Phi) is 5.96. The lowest BCUT2D eigenvalue weighted by Gasteiger charge is -2.32. The molecule has 1 saturated heterocycles. The number of likely N-dealkylation sites (tertiary alicyclic amines) is 1. The number of aryl methyl sites for hydroxylation is 1. The number of nitrogens with one attached hydrogen (secondary N) is 1. The highest BCUT2D eigenvalue weighted by Crippen LogP contribution is 2.30. The van der Waals surface area contributed by atoms with Crippen LogP contribution in [0.5, 0.6) is 0 Å². The highest BCUT2D eigenvalue weighted by Gasteiger charge is 2.34. The topological polar surface area (TPSA) is 78.8 Å². The molecule has 0 unspecified atom stereocenters. The number of hydrogen-bond donors (Lipinski definition) is 1. The summed E-state index contributed by atoms with van der Waals surface area (Å²) >= 11 is 0. The number of rotatable bonds is 4. The fourth-order valence-electron chi connectivity index (χ4n) is 4.69. The minimum Gasteiger partial charge on any atom is -0.355 e. The first kappa shape index (κ1) is 22.3. The average Bonchev–Trinajstić information content (AvgIpc) is 3.14. The highest BCUT2D eigenvalue weighted by atomic mass is 32.2. The summed E-state index contributed by atoms with van der Waals surface area (Å²) in [5.41, 5.74) is 5.23. The van der Waals surface area contributed by atoms with Gasteiger partial charge < -0.3 is 10.2 Å². The van der Waals surface area contributed by atoms with Crippen LogP contribution in [0.15, 0.2) is 82.1 Å². The quantitative estimate of drug-likeness (QED) is 0.618. The summed E-state index contributed by atoms with van der Waals surface area (Å²) in [6.07, 6.45) is 1.33. The third-order valence-electron chi connectivity index (χ3n) is 6.52. The molecule has 0 aromatic heterocycles. The van der Waals surface area contributed by atoms with Gasteiger partial charge >= 0.3 is 0 Å². The lowest BCUT2D eigenvalue weighted by molar-refractivity contribution is -0.126. The van der Waals surface area contributed by atoms with Gasteiger partial charge in [-0.05, 0) is 54.7 Å². The van der Waals surface area contributed by atoms with Crippen LogP contribution in [-0.4, -0.2) is 38.2 Å². The standard InChI is InChI=1S/C27H27N3O3S/c1-19-6-4-8-22(16-19)23-9-5-7-20(17-23)18-28-27(31)21-12-14-30(15-13-21)26-24-10-2-3-11-25(24)34(32,33)29-26/h2-11,16-17,21H,12-15,18H2,1H3,(H,28,31). The Bertz CT molecular complexity index is 1370. The van der Waals surface area contributed by atoms with Crippen molar-refractivity contribution in [3.8, 4) is 11.1 Å². The minimum absolute atomic E-state index is 0.0435. The van der Waals surface area contributed by atoms with E-state index >= 15 is 0 Å². The molecule has 5 rings (SSSR count). The number of nitrogens with zero attached hydrogens (tertiary/aromatic N) is 2. The molecule has 3 aromatic carbocycles. The second-order valence-electron chi connectivity index (χ2n) is 8.94. The van der Waals surface area contributed by atoms with Crippen LogP contribution in [0.25, 0.3) is 11.1 Å². The number of amides is 1. The van der Waals surface area contributed by atoms with Crippen molar-refractivity contribution in [2.24, 2.45) is 10.3 Å². The summed E-state index contributed by atoms with van der Waals surface area (Å²) < 4.78 is 28.7. The van der Waals surface area contributed by atoms with E-state index in [0.717, 1.165) is 11.1 Å². The lowest BCUT2D eigenvalue weighted by atomic mass is 9.95. The number of piperidine rings is 1. The largest absolute Gasteiger partial charge is 0.355 e. The van der Waals surface area contributed by atoms with Crippen molar-refractivity contribution in [1.29, 1.82) is 0 Å². The van der Waals surface area contributed by atoms with E-state index in [2.05, 4.69) is 53.0 Å². The van der Waals surface area contributed by atoms with Gasteiger partial charge in [0.2, 0.25) is 5.91 Å². The molecule has 6 nitrogen and oxygen atoms in total. The molecule has 1 N–H and O–H groups in total. The molecule has 0 aliphatic carbocycles. The van der Waals surface area contributed by atoms with Crippen molar-refractivity contribution in [2.45, 2.75) is 31.2 Å². The van der Waals surface area contributed by atoms with Gasteiger partial charge in [0.05, 0.1) is 0 Å². The Morgan fingerprint density at radius 3 is 2.44 bits per heavy atom. The van der Waals surface area contributed by atoms with E-state index in [0.29, 0.717) is 43.9 Å². The number of sulfonamides is 1. The third-order valence-corrected chi connectivity index (χ3v) is 7.85. The number of hydrogen-bond acceptors (Lipinski definition) is 4. The van der Waals surface area contributed by atoms with Crippen LogP contribution in [0.4, 0.5) is 0 Å². The zero-order valence-corrected chi connectivity index (χ0v) is 19.9. The number of fused-ring (bicyclic) bond motifs is 1. The van der Waals surface area contributed by atoms with Gasteiger partial charge in [-0.15, -0.1) is 4.40 Å². The van der Waals surface area contributed by atoms with Crippen molar-refractivity contribution in [1.82, 2.24) is 10.2 Å². The number of amidine groups is 1. The van der Waals surface area contributed by atoms with Crippen LogP contribution in [0.3, 0.4) is 0 Å². The Balaban J connectivity index is 1.19. The molecular weight excluding hydrogens is 446 g/mol. The molecule has 0 saturated carbocycles. The Labute approximate surface area is 200 Å².